The summed E-state index contributed by atoms with van der Waals surface area (Å²) in [7, 11) is 3.08. The maximum Gasteiger partial charge on any atom is 0.312 e. The summed E-state index contributed by atoms with van der Waals surface area (Å²) >= 11 is 0. The maximum absolute atomic E-state index is 13.0. The molecule has 0 heterocycles. The monoisotopic (exact) mass is 390 g/mol. The van der Waals surface area contributed by atoms with Crippen LogP contribution in [0.15, 0.2) is 0 Å². The fourth-order valence-corrected chi connectivity index (χ4v) is 8.64. The first kappa shape index (κ1) is 20.2. The average Bonchev–Trinajstić information content (AvgIpc) is 2.69. The second kappa shape index (κ2) is 6.74. The molecule has 4 saturated carbocycles. The molecule has 0 saturated heterocycles. The zero-order valence-electron chi connectivity index (χ0n) is 18.5. The lowest BCUT2D eigenvalue weighted by atomic mass is 9.38. The second-order valence-corrected chi connectivity index (χ2v) is 10.9. The molecule has 4 nitrogen and oxygen atoms in total. The highest BCUT2D eigenvalue weighted by molar-refractivity contribution is 5.78. The van der Waals surface area contributed by atoms with E-state index in [-0.39, 0.29) is 17.4 Å². The van der Waals surface area contributed by atoms with E-state index in [0.29, 0.717) is 47.3 Å². The Morgan fingerprint density at radius 1 is 0.857 bits per heavy atom. The highest BCUT2D eigenvalue weighted by Crippen LogP contribution is 2.68. The van der Waals surface area contributed by atoms with Crippen LogP contribution in [0.5, 0.6) is 0 Å². The predicted octanol–water partition coefficient (Wildman–Crippen LogP) is 4.71. The van der Waals surface area contributed by atoms with Gasteiger partial charge in [0, 0.05) is 0 Å². The molecule has 0 aromatic heterocycles. The van der Waals surface area contributed by atoms with Gasteiger partial charge in [-0.25, -0.2) is 0 Å². The molecule has 0 aliphatic heterocycles. The number of ether oxygens (including phenoxy) is 2. The van der Waals surface area contributed by atoms with Gasteiger partial charge in [-0.1, -0.05) is 13.8 Å². The van der Waals surface area contributed by atoms with E-state index >= 15 is 0 Å². The van der Waals surface area contributed by atoms with Gasteiger partial charge >= 0.3 is 11.9 Å². The Morgan fingerprint density at radius 3 is 2.14 bits per heavy atom. The quantitative estimate of drug-likeness (QED) is 0.641. The standard InChI is InChI=1S/C24H38O4/c1-13-11-15-12-14(2)24(4,22(26)28-6)18-8-7-17-20(19(15)18)16(13)9-10-23(17,3)21(25)27-5/h13-20H,7-12H2,1-6H3/t13-,14+,15-,16+,17-,18-,19+,20+,23-,24+/m0/s1. The van der Waals surface area contributed by atoms with Crippen LogP contribution in [0.1, 0.15) is 66.2 Å². The van der Waals surface area contributed by atoms with Gasteiger partial charge in [0.2, 0.25) is 0 Å². The molecule has 0 spiro atoms. The Morgan fingerprint density at radius 2 is 1.50 bits per heavy atom. The molecule has 0 radical (unpaired) electrons. The van der Waals surface area contributed by atoms with Gasteiger partial charge < -0.3 is 9.47 Å². The van der Waals surface area contributed by atoms with Gasteiger partial charge in [-0.3, -0.25) is 9.59 Å². The SMILES string of the molecule is COC(=O)[C@]1(C)[C@H](C)C[C@@H]2C[C@H](C)[C@H]3CC[C@](C)(C(=O)OC)[C@H]4CC[C@H]1[C@@H]2[C@H]34. The zero-order valence-corrected chi connectivity index (χ0v) is 18.5. The fraction of sp³-hybridized carbons (Fsp3) is 0.917. The van der Waals surface area contributed by atoms with Crippen LogP contribution in [0.2, 0.25) is 0 Å². The first-order valence-electron chi connectivity index (χ1n) is 11.4. The van der Waals surface area contributed by atoms with E-state index in [1.165, 1.54) is 13.5 Å². The predicted molar refractivity (Wildman–Crippen MR) is 107 cm³/mol. The summed E-state index contributed by atoms with van der Waals surface area (Å²) in [5.41, 5.74) is -0.766. The van der Waals surface area contributed by atoms with E-state index in [0.717, 1.165) is 32.1 Å². The summed E-state index contributed by atoms with van der Waals surface area (Å²) in [6, 6.07) is 0. The van der Waals surface area contributed by atoms with Crippen molar-refractivity contribution < 1.29 is 19.1 Å². The van der Waals surface area contributed by atoms with E-state index in [9.17, 15) is 9.59 Å². The molecule has 0 bridgehead atoms. The molecule has 0 N–H and O–H groups in total. The van der Waals surface area contributed by atoms with Gasteiger partial charge in [0.15, 0.2) is 0 Å². The number of hydrogen-bond donors (Lipinski definition) is 0. The van der Waals surface area contributed by atoms with Crippen LogP contribution in [0.3, 0.4) is 0 Å². The summed E-state index contributed by atoms with van der Waals surface area (Å²) in [5, 5.41) is 0. The Balaban J connectivity index is 1.77. The maximum atomic E-state index is 13.0. The van der Waals surface area contributed by atoms with Crippen LogP contribution in [0.25, 0.3) is 0 Å². The van der Waals surface area contributed by atoms with E-state index < -0.39 is 5.41 Å². The van der Waals surface area contributed by atoms with Crippen LogP contribution in [0, 0.1) is 58.2 Å². The number of methoxy groups -OCH3 is 2. The van der Waals surface area contributed by atoms with Gasteiger partial charge in [0.05, 0.1) is 25.0 Å². The van der Waals surface area contributed by atoms with Crippen LogP contribution in [0.4, 0.5) is 0 Å². The van der Waals surface area contributed by atoms with Crippen molar-refractivity contribution in [1.29, 1.82) is 0 Å². The molecular formula is C24H38O4. The number of hydrogen-bond acceptors (Lipinski definition) is 4. The molecule has 4 aliphatic carbocycles. The van der Waals surface area contributed by atoms with Crippen molar-refractivity contribution in [2.24, 2.45) is 58.2 Å². The molecule has 4 fully saturated rings. The molecule has 4 heteroatoms. The lowest BCUT2D eigenvalue weighted by molar-refractivity contribution is -0.207. The third kappa shape index (κ3) is 2.48. The molecule has 4 aliphatic rings. The zero-order chi connectivity index (χ0) is 20.4. The minimum atomic E-state index is -0.398. The van der Waals surface area contributed by atoms with Crippen LogP contribution in [-0.2, 0) is 19.1 Å². The first-order chi connectivity index (χ1) is 13.2. The molecule has 10 atom stereocenters. The highest BCUT2D eigenvalue weighted by atomic mass is 16.5. The van der Waals surface area contributed by atoms with Gasteiger partial charge in [0.25, 0.3) is 0 Å². The third-order valence-electron chi connectivity index (χ3n) is 10.1. The molecule has 0 aromatic rings. The number of esters is 2. The Bertz CT molecular complexity index is 659. The van der Waals surface area contributed by atoms with Gasteiger partial charge in [0.1, 0.15) is 0 Å². The lowest BCUT2D eigenvalue weighted by Gasteiger charge is -2.66. The second-order valence-electron chi connectivity index (χ2n) is 10.9. The van der Waals surface area contributed by atoms with E-state index in [4.69, 9.17) is 9.47 Å². The van der Waals surface area contributed by atoms with Crippen molar-refractivity contribution in [3.63, 3.8) is 0 Å². The Hall–Kier alpha value is -1.06. The Labute approximate surface area is 170 Å². The van der Waals surface area contributed by atoms with E-state index in [1.807, 2.05) is 0 Å². The number of carbonyl (C=O) groups is 2. The van der Waals surface area contributed by atoms with Crippen LogP contribution < -0.4 is 0 Å². The molecule has 0 amide bonds. The fourth-order valence-electron chi connectivity index (χ4n) is 8.64. The normalized spacial score (nSPS) is 52.4. The van der Waals surface area contributed by atoms with Crippen molar-refractivity contribution in [2.45, 2.75) is 66.2 Å². The molecule has 28 heavy (non-hydrogen) atoms. The summed E-state index contributed by atoms with van der Waals surface area (Å²) in [5.74, 6) is 4.23. The summed E-state index contributed by atoms with van der Waals surface area (Å²) in [6.45, 7) is 9.01. The average molecular weight is 391 g/mol. The molecular weight excluding hydrogens is 352 g/mol. The molecule has 0 aromatic carbocycles. The van der Waals surface area contributed by atoms with Crippen LogP contribution >= 0.6 is 0 Å². The van der Waals surface area contributed by atoms with E-state index in [1.54, 1.807) is 7.11 Å². The number of rotatable bonds is 2. The van der Waals surface area contributed by atoms with Crippen molar-refractivity contribution in [3.05, 3.63) is 0 Å². The third-order valence-corrected chi connectivity index (χ3v) is 10.1. The van der Waals surface area contributed by atoms with Gasteiger partial charge in [-0.15, -0.1) is 0 Å². The summed E-state index contributed by atoms with van der Waals surface area (Å²) in [6.07, 6.45) is 6.53. The topological polar surface area (TPSA) is 52.6 Å². The summed E-state index contributed by atoms with van der Waals surface area (Å²) in [4.78, 5) is 25.8. The molecule has 4 rings (SSSR count). The van der Waals surface area contributed by atoms with Crippen LogP contribution in [-0.4, -0.2) is 26.2 Å². The smallest absolute Gasteiger partial charge is 0.312 e. The Kier molecular flexibility index (Phi) is 4.87. The minimum absolute atomic E-state index is 0.0240. The van der Waals surface area contributed by atoms with Crippen molar-refractivity contribution in [3.8, 4) is 0 Å². The van der Waals surface area contributed by atoms with Crippen molar-refractivity contribution >= 4 is 11.9 Å². The van der Waals surface area contributed by atoms with Gasteiger partial charge in [-0.05, 0) is 99.7 Å². The first-order valence-corrected chi connectivity index (χ1v) is 11.4. The van der Waals surface area contributed by atoms with Crippen molar-refractivity contribution in [1.82, 2.24) is 0 Å². The highest BCUT2D eigenvalue weighted by Gasteiger charge is 2.66. The van der Waals surface area contributed by atoms with Gasteiger partial charge in [-0.2, -0.15) is 0 Å². The minimum Gasteiger partial charge on any atom is -0.469 e. The lowest BCUT2D eigenvalue weighted by Crippen LogP contribution is -2.63. The molecule has 0 unspecified atom stereocenters. The summed E-state index contributed by atoms with van der Waals surface area (Å²) < 4.78 is 10.6. The molecule has 158 valence electrons. The van der Waals surface area contributed by atoms with E-state index in [2.05, 4.69) is 27.7 Å². The number of carbonyl (C=O) groups excluding carboxylic acids is 2. The largest absolute Gasteiger partial charge is 0.469 e. The van der Waals surface area contributed by atoms with Crippen molar-refractivity contribution in [2.75, 3.05) is 14.2 Å².